The maximum Gasteiger partial charge on any atom is 0.0558 e. The highest BCUT2D eigenvalue weighted by Crippen LogP contribution is 2.63. The van der Waals surface area contributed by atoms with Gasteiger partial charge in [0, 0.05) is 21.5 Å². The van der Waals surface area contributed by atoms with Gasteiger partial charge in [0.05, 0.1) is 5.41 Å². The van der Waals surface area contributed by atoms with E-state index in [9.17, 15) is 0 Å². The largest absolute Gasteiger partial charge is 0.111 e. The van der Waals surface area contributed by atoms with Crippen molar-refractivity contribution < 1.29 is 0 Å². The molecular formula is C30H22Cl2. The van der Waals surface area contributed by atoms with E-state index in [2.05, 4.69) is 85.5 Å². The van der Waals surface area contributed by atoms with Crippen molar-refractivity contribution in [1.29, 1.82) is 0 Å². The third kappa shape index (κ3) is 3.61. The summed E-state index contributed by atoms with van der Waals surface area (Å²) in [5.74, 6) is 0.298. The number of hydrogen-bond acceptors (Lipinski definition) is 0. The van der Waals surface area contributed by atoms with E-state index in [4.69, 9.17) is 23.2 Å². The van der Waals surface area contributed by atoms with Crippen molar-refractivity contribution in [2.24, 2.45) is 5.92 Å². The molecule has 0 aliphatic heterocycles. The average molecular weight is 453 g/mol. The number of allylic oxidation sites excluding steroid dienone is 1. The summed E-state index contributed by atoms with van der Waals surface area (Å²) < 4.78 is 0. The summed E-state index contributed by atoms with van der Waals surface area (Å²) in [7, 11) is 0. The molecule has 0 spiro atoms. The van der Waals surface area contributed by atoms with Gasteiger partial charge in [-0.1, -0.05) is 115 Å². The van der Waals surface area contributed by atoms with Gasteiger partial charge in [-0.3, -0.25) is 0 Å². The Morgan fingerprint density at radius 3 is 1.44 bits per heavy atom. The van der Waals surface area contributed by atoms with E-state index in [0.29, 0.717) is 5.92 Å². The van der Waals surface area contributed by atoms with E-state index >= 15 is 0 Å². The maximum atomic E-state index is 6.22. The van der Waals surface area contributed by atoms with Crippen LogP contribution in [0.25, 0.3) is 5.57 Å². The molecule has 1 fully saturated rings. The van der Waals surface area contributed by atoms with E-state index in [1.54, 1.807) is 0 Å². The SMILES string of the molecule is CC1C(=C=C(c2ccccc2)c2ccccc2)C1(c1ccc(Cl)cc1)c1ccc(Cl)cc1. The quantitative estimate of drug-likeness (QED) is 0.272. The Balaban J connectivity index is 1.79. The summed E-state index contributed by atoms with van der Waals surface area (Å²) in [4.78, 5) is 0. The molecule has 4 aromatic carbocycles. The molecule has 4 aromatic rings. The highest BCUT2D eigenvalue weighted by Gasteiger charge is 2.59. The molecule has 156 valence electrons. The van der Waals surface area contributed by atoms with Crippen molar-refractivity contribution in [1.82, 2.24) is 0 Å². The molecule has 5 rings (SSSR count). The topological polar surface area (TPSA) is 0 Å². The molecule has 0 nitrogen and oxygen atoms in total. The Kier molecular flexibility index (Phi) is 5.53. The normalized spacial score (nSPS) is 16.3. The van der Waals surface area contributed by atoms with Crippen molar-refractivity contribution in [3.8, 4) is 0 Å². The molecule has 1 unspecified atom stereocenters. The summed E-state index contributed by atoms with van der Waals surface area (Å²) in [5.41, 5.74) is 10.8. The lowest BCUT2D eigenvalue weighted by Crippen LogP contribution is -2.11. The summed E-state index contributed by atoms with van der Waals surface area (Å²) in [6.07, 6.45) is 0. The fourth-order valence-corrected chi connectivity index (χ4v) is 5.00. The third-order valence-corrected chi connectivity index (χ3v) is 6.91. The second-order valence-corrected chi connectivity index (χ2v) is 9.06. The van der Waals surface area contributed by atoms with Gasteiger partial charge in [0.25, 0.3) is 0 Å². The zero-order valence-corrected chi connectivity index (χ0v) is 19.2. The molecule has 0 aromatic heterocycles. The first-order chi connectivity index (χ1) is 15.6. The first kappa shape index (κ1) is 20.9. The molecule has 2 heteroatoms. The first-order valence-electron chi connectivity index (χ1n) is 10.7. The number of halogens is 2. The lowest BCUT2D eigenvalue weighted by Gasteiger charge is -2.18. The van der Waals surface area contributed by atoms with Crippen LogP contribution in [-0.4, -0.2) is 0 Å². The smallest absolute Gasteiger partial charge is 0.0558 e. The number of hydrogen-bond donors (Lipinski definition) is 0. The van der Waals surface area contributed by atoms with Crippen molar-refractivity contribution in [2.45, 2.75) is 12.3 Å². The van der Waals surface area contributed by atoms with Gasteiger partial charge in [-0.25, -0.2) is 0 Å². The van der Waals surface area contributed by atoms with Crippen LogP contribution >= 0.6 is 23.2 Å². The number of rotatable bonds is 4. The van der Waals surface area contributed by atoms with Crippen LogP contribution in [0.15, 0.2) is 120 Å². The van der Waals surface area contributed by atoms with E-state index in [1.807, 2.05) is 36.4 Å². The Bertz CT molecular complexity index is 1210. The Labute approximate surface area is 199 Å². The monoisotopic (exact) mass is 452 g/mol. The van der Waals surface area contributed by atoms with Crippen LogP contribution in [0.1, 0.15) is 29.2 Å². The second-order valence-electron chi connectivity index (χ2n) is 8.19. The Hall–Kier alpha value is -3.02. The van der Waals surface area contributed by atoms with Crippen molar-refractivity contribution in [3.05, 3.63) is 153 Å². The first-order valence-corrected chi connectivity index (χ1v) is 11.5. The molecule has 0 bridgehead atoms. The zero-order valence-electron chi connectivity index (χ0n) is 17.7. The Morgan fingerprint density at radius 1 is 0.625 bits per heavy atom. The Morgan fingerprint density at radius 2 is 1.03 bits per heavy atom. The van der Waals surface area contributed by atoms with Crippen LogP contribution in [0.3, 0.4) is 0 Å². The van der Waals surface area contributed by atoms with Gasteiger partial charge in [-0.05, 0) is 52.1 Å². The summed E-state index contributed by atoms with van der Waals surface area (Å²) in [5, 5.41) is 1.48. The van der Waals surface area contributed by atoms with Crippen LogP contribution in [0.5, 0.6) is 0 Å². The van der Waals surface area contributed by atoms with Crippen LogP contribution in [0.4, 0.5) is 0 Å². The molecule has 32 heavy (non-hydrogen) atoms. The minimum atomic E-state index is -0.246. The summed E-state index contributed by atoms with van der Waals surface area (Å²) >= 11 is 12.4. The summed E-state index contributed by atoms with van der Waals surface area (Å²) in [6.45, 7) is 2.28. The second kappa shape index (κ2) is 8.49. The molecule has 1 saturated carbocycles. The molecule has 0 heterocycles. The highest BCUT2D eigenvalue weighted by molar-refractivity contribution is 6.30. The van der Waals surface area contributed by atoms with Gasteiger partial charge in [0.2, 0.25) is 0 Å². The van der Waals surface area contributed by atoms with Gasteiger partial charge in [-0.2, -0.15) is 0 Å². The average Bonchev–Trinajstić information content (AvgIpc) is 3.43. The lowest BCUT2D eigenvalue weighted by atomic mass is 9.85. The highest BCUT2D eigenvalue weighted by atomic mass is 35.5. The molecule has 0 saturated heterocycles. The molecule has 0 radical (unpaired) electrons. The van der Waals surface area contributed by atoms with E-state index in [-0.39, 0.29) is 5.41 Å². The van der Waals surface area contributed by atoms with Gasteiger partial charge in [0.1, 0.15) is 0 Å². The van der Waals surface area contributed by atoms with E-state index < -0.39 is 0 Å². The van der Waals surface area contributed by atoms with Crippen molar-refractivity contribution in [2.75, 3.05) is 0 Å². The van der Waals surface area contributed by atoms with Gasteiger partial charge in [0.15, 0.2) is 0 Å². The minimum Gasteiger partial charge on any atom is -0.111 e. The van der Waals surface area contributed by atoms with Crippen molar-refractivity contribution >= 4 is 28.8 Å². The van der Waals surface area contributed by atoms with Crippen LogP contribution < -0.4 is 0 Å². The fraction of sp³-hybridized carbons (Fsp3) is 0.100. The van der Waals surface area contributed by atoms with E-state index in [0.717, 1.165) is 26.7 Å². The molecule has 0 amide bonds. The van der Waals surface area contributed by atoms with Crippen LogP contribution in [0, 0.1) is 5.92 Å². The predicted molar refractivity (Wildman–Crippen MR) is 135 cm³/mol. The lowest BCUT2D eigenvalue weighted by molar-refractivity contribution is 0.752. The van der Waals surface area contributed by atoms with Gasteiger partial charge >= 0.3 is 0 Å². The number of benzene rings is 4. The molecule has 1 atom stereocenters. The molecular weight excluding hydrogens is 431 g/mol. The van der Waals surface area contributed by atoms with Crippen LogP contribution in [-0.2, 0) is 5.41 Å². The van der Waals surface area contributed by atoms with Gasteiger partial charge < -0.3 is 0 Å². The standard InChI is InChI=1S/C30H22Cl2/c1-21-29(20-28(22-8-4-2-5-9-22)23-10-6-3-7-11-23)30(21,24-12-16-26(31)17-13-24)25-14-18-27(32)19-15-25/h2-19,21H,1H3. The van der Waals surface area contributed by atoms with E-state index in [1.165, 1.54) is 16.7 Å². The zero-order chi connectivity index (χ0) is 22.1. The van der Waals surface area contributed by atoms with Crippen LogP contribution in [0.2, 0.25) is 10.0 Å². The molecule has 0 N–H and O–H groups in total. The third-order valence-electron chi connectivity index (χ3n) is 6.41. The fourth-order valence-electron chi connectivity index (χ4n) is 4.75. The maximum absolute atomic E-state index is 6.22. The minimum absolute atomic E-state index is 0.246. The molecule has 1 aliphatic rings. The van der Waals surface area contributed by atoms with Crippen molar-refractivity contribution in [3.63, 3.8) is 0 Å². The summed E-state index contributed by atoms with van der Waals surface area (Å²) in [6, 6.07) is 37.4. The van der Waals surface area contributed by atoms with Gasteiger partial charge in [-0.15, -0.1) is 5.73 Å². The predicted octanol–water partition coefficient (Wildman–Crippen LogP) is 8.59. The molecule has 1 aliphatic carbocycles.